The molecule has 0 bridgehead atoms. The second kappa shape index (κ2) is 10.2. The van der Waals surface area contributed by atoms with E-state index in [1.165, 1.54) is 32.1 Å². The Kier molecular flexibility index (Phi) is 6.91. The maximum absolute atomic E-state index is 10.3. The SMILES string of the molecule is O=CNCCNc1nccc(Oc2ccc3nc(NCC4CCCCC4)sc3c2)n1. The Hall–Kier alpha value is -2.94. The number of thiazole rings is 1. The van der Waals surface area contributed by atoms with Gasteiger partial charge in [0.1, 0.15) is 5.75 Å². The number of ether oxygens (including phenoxy) is 1. The molecule has 2 aromatic heterocycles. The predicted octanol–water partition coefficient (Wildman–Crippen LogP) is 4.03. The van der Waals surface area contributed by atoms with Gasteiger partial charge in [0.15, 0.2) is 5.13 Å². The van der Waals surface area contributed by atoms with Gasteiger partial charge in [-0.2, -0.15) is 4.98 Å². The third-order valence-corrected chi connectivity index (χ3v) is 6.09. The Morgan fingerprint density at radius 1 is 1.10 bits per heavy atom. The molecule has 158 valence electrons. The Bertz CT molecular complexity index is 973. The van der Waals surface area contributed by atoms with Crippen LogP contribution in [0.5, 0.6) is 11.6 Å². The van der Waals surface area contributed by atoms with Crippen molar-refractivity contribution in [2.45, 2.75) is 32.1 Å². The number of nitrogens with zero attached hydrogens (tertiary/aromatic N) is 3. The maximum atomic E-state index is 10.3. The van der Waals surface area contributed by atoms with Gasteiger partial charge < -0.3 is 20.7 Å². The minimum atomic E-state index is 0.452. The van der Waals surface area contributed by atoms with Crippen molar-refractivity contribution in [3.05, 3.63) is 30.5 Å². The van der Waals surface area contributed by atoms with Crippen LogP contribution < -0.4 is 20.7 Å². The fourth-order valence-corrected chi connectivity index (χ4v) is 4.48. The van der Waals surface area contributed by atoms with Gasteiger partial charge in [-0.15, -0.1) is 0 Å². The van der Waals surface area contributed by atoms with E-state index in [0.717, 1.165) is 27.8 Å². The van der Waals surface area contributed by atoms with E-state index in [2.05, 4.69) is 25.9 Å². The first-order valence-corrected chi connectivity index (χ1v) is 11.2. The van der Waals surface area contributed by atoms with E-state index in [4.69, 9.17) is 9.72 Å². The minimum absolute atomic E-state index is 0.452. The van der Waals surface area contributed by atoms with Crippen LogP contribution in [0.25, 0.3) is 10.2 Å². The summed E-state index contributed by atoms with van der Waals surface area (Å²) < 4.78 is 6.99. The van der Waals surface area contributed by atoms with E-state index >= 15 is 0 Å². The zero-order valence-corrected chi connectivity index (χ0v) is 17.6. The number of nitrogens with one attached hydrogen (secondary N) is 3. The van der Waals surface area contributed by atoms with E-state index in [9.17, 15) is 4.79 Å². The largest absolute Gasteiger partial charge is 0.439 e. The molecule has 0 unspecified atom stereocenters. The van der Waals surface area contributed by atoms with E-state index < -0.39 is 0 Å². The average molecular weight is 427 g/mol. The van der Waals surface area contributed by atoms with Crippen molar-refractivity contribution in [1.29, 1.82) is 0 Å². The van der Waals surface area contributed by atoms with Crippen LogP contribution in [0, 0.1) is 5.92 Å². The van der Waals surface area contributed by atoms with Gasteiger partial charge in [0, 0.05) is 38.0 Å². The molecule has 1 aliphatic rings. The van der Waals surface area contributed by atoms with Crippen LogP contribution in [0.1, 0.15) is 32.1 Å². The molecular weight excluding hydrogens is 400 g/mol. The molecule has 2 heterocycles. The van der Waals surface area contributed by atoms with Crippen LogP contribution in [0.3, 0.4) is 0 Å². The van der Waals surface area contributed by atoms with Gasteiger partial charge in [-0.1, -0.05) is 30.6 Å². The molecule has 3 aromatic rings. The van der Waals surface area contributed by atoms with Crippen LogP contribution in [0.2, 0.25) is 0 Å². The summed E-state index contributed by atoms with van der Waals surface area (Å²) in [7, 11) is 0. The number of fused-ring (bicyclic) bond motifs is 1. The van der Waals surface area contributed by atoms with Gasteiger partial charge >= 0.3 is 0 Å². The summed E-state index contributed by atoms with van der Waals surface area (Å²) >= 11 is 1.65. The monoisotopic (exact) mass is 426 g/mol. The van der Waals surface area contributed by atoms with Gasteiger partial charge in [0.2, 0.25) is 18.2 Å². The van der Waals surface area contributed by atoms with Crippen LogP contribution in [0.15, 0.2) is 30.5 Å². The lowest BCUT2D eigenvalue weighted by Gasteiger charge is -2.21. The standard InChI is InChI=1S/C21H26N6O2S/c28-14-22-10-11-24-20-23-9-8-19(27-20)29-16-6-7-17-18(12-16)30-21(26-17)25-13-15-4-2-1-3-5-15/h6-9,12,14-15H,1-5,10-11,13H2,(H,22,28)(H,25,26)(H,23,24,27). The van der Waals surface area contributed by atoms with Crippen molar-refractivity contribution in [1.82, 2.24) is 20.3 Å². The lowest BCUT2D eigenvalue weighted by atomic mass is 9.89. The molecule has 1 fully saturated rings. The highest BCUT2D eigenvalue weighted by molar-refractivity contribution is 7.22. The summed E-state index contributed by atoms with van der Waals surface area (Å²) in [5.74, 6) is 2.38. The first kappa shape index (κ1) is 20.3. The lowest BCUT2D eigenvalue weighted by Crippen LogP contribution is -2.21. The number of benzene rings is 1. The van der Waals surface area contributed by atoms with Gasteiger partial charge in [0.25, 0.3) is 0 Å². The molecule has 8 nitrogen and oxygen atoms in total. The fraction of sp³-hybridized carbons (Fsp3) is 0.429. The van der Waals surface area contributed by atoms with Crippen LogP contribution in [-0.4, -0.2) is 41.0 Å². The predicted molar refractivity (Wildman–Crippen MR) is 119 cm³/mol. The molecular formula is C21H26N6O2S. The summed E-state index contributed by atoms with van der Waals surface area (Å²) in [5, 5.41) is 10.1. The molecule has 4 rings (SSSR count). The van der Waals surface area contributed by atoms with Gasteiger partial charge in [-0.05, 0) is 30.9 Å². The molecule has 30 heavy (non-hydrogen) atoms. The third kappa shape index (κ3) is 5.56. The molecule has 0 radical (unpaired) electrons. The number of carbonyl (C=O) groups is 1. The Balaban J connectivity index is 1.37. The highest BCUT2D eigenvalue weighted by Gasteiger charge is 2.14. The molecule has 1 aliphatic carbocycles. The van der Waals surface area contributed by atoms with Crippen LogP contribution in [-0.2, 0) is 4.79 Å². The van der Waals surface area contributed by atoms with E-state index in [-0.39, 0.29) is 0 Å². The van der Waals surface area contributed by atoms with Crippen molar-refractivity contribution in [3.8, 4) is 11.6 Å². The average Bonchev–Trinajstić information content (AvgIpc) is 3.19. The number of rotatable bonds is 10. The van der Waals surface area contributed by atoms with Crippen LogP contribution in [0.4, 0.5) is 11.1 Å². The van der Waals surface area contributed by atoms with Crippen molar-refractivity contribution < 1.29 is 9.53 Å². The van der Waals surface area contributed by atoms with Gasteiger partial charge in [0.05, 0.1) is 10.2 Å². The number of hydrogen-bond donors (Lipinski definition) is 3. The smallest absolute Gasteiger partial charge is 0.226 e. The number of anilines is 2. The highest BCUT2D eigenvalue weighted by atomic mass is 32.1. The highest BCUT2D eigenvalue weighted by Crippen LogP contribution is 2.32. The Labute approximate surface area is 179 Å². The quantitative estimate of drug-likeness (QED) is 0.332. The third-order valence-electron chi connectivity index (χ3n) is 5.11. The summed E-state index contributed by atoms with van der Waals surface area (Å²) in [6, 6.07) is 7.57. The Morgan fingerprint density at radius 3 is 2.87 bits per heavy atom. The normalized spacial score (nSPS) is 14.4. The van der Waals surface area contributed by atoms with Crippen molar-refractivity contribution in [2.24, 2.45) is 5.92 Å². The molecule has 0 atom stereocenters. The van der Waals surface area contributed by atoms with Crippen LogP contribution >= 0.6 is 11.3 Å². The molecule has 1 amide bonds. The zero-order chi connectivity index (χ0) is 20.6. The second-order valence-corrected chi connectivity index (χ2v) is 8.38. The van der Waals surface area contributed by atoms with Gasteiger partial charge in [-0.25, -0.2) is 9.97 Å². The zero-order valence-electron chi connectivity index (χ0n) is 16.8. The molecule has 3 N–H and O–H groups in total. The van der Waals surface area contributed by atoms with E-state index in [1.54, 1.807) is 23.6 Å². The number of hydrogen-bond acceptors (Lipinski definition) is 8. The summed E-state index contributed by atoms with van der Waals surface area (Å²) in [5.41, 5.74) is 0.964. The van der Waals surface area contributed by atoms with Gasteiger partial charge in [-0.3, -0.25) is 4.79 Å². The van der Waals surface area contributed by atoms with E-state index in [1.807, 2.05) is 18.2 Å². The van der Waals surface area contributed by atoms with Crippen molar-refractivity contribution in [2.75, 3.05) is 30.3 Å². The number of amides is 1. The molecule has 0 aliphatic heterocycles. The summed E-state index contributed by atoms with van der Waals surface area (Å²) in [6.45, 7) is 2.03. The number of carbonyl (C=O) groups excluding carboxylic acids is 1. The fourth-order valence-electron chi connectivity index (χ4n) is 3.58. The first-order valence-electron chi connectivity index (χ1n) is 10.4. The van der Waals surface area contributed by atoms with Crippen molar-refractivity contribution >= 4 is 39.0 Å². The van der Waals surface area contributed by atoms with E-state index in [0.29, 0.717) is 37.1 Å². The summed E-state index contributed by atoms with van der Waals surface area (Å²) in [6.07, 6.45) is 9.01. The van der Waals surface area contributed by atoms with Crippen molar-refractivity contribution in [3.63, 3.8) is 0 Å². The second-order valence-electron chi connectivity index (χ2n) is 7.35. The molecule has 9 heteroatoms. The number of aromatic nitrogens is 3. The summed E-state index contributed by atoms with van der Waals surface area (Å²) in [4.78, 5) is 23.5. The molecule has 0 saturated heterocycles. The molecule has 1 saturated carbocycles. The minimum Gasteiger partial charge on any atom is -0.439 e. The topological polar surface area (TPSA) is 101 Å². The maximum Gasteiger partial charge on any atom is 0.226 e. The first-order chi connectivity index (χ1) is 14.8. The molecule has 1 aromatic carbocycles. The Morgan fingerprint density at radius 2 is 2.00 bits per heavy atom. The lowest BCUT2D eigenvalue weighted by molar-refractivity contribution is -0.109. The molecule has 0 spiro atoms.